The Bertz CT molecular complexity index is 2000. The Hall–Kier alpha value is -3.62. The van der Waals surface area contributed by atoms with Gasteiger partial charge in [-0.25, -0.2) is 0 Å². The summed E-state index contributed by atoms with van der Waals surface area (Å²) in [6.07, 6.45) is 108. The lowest BCUT2D eigenvalue weighted by atomic mass is 10.0. The van der Waals surface area contributed by atoms with E-state index in [-0.39, 0.29) is 12.5 Å². The zero-order valence-corrected chi connectivity index (χ0v) is 60.6. The first-order valence-electron chi connectivity index (χ1n) is 37.7. The number of hydrogen-bond acceptors (Lipinski definition) is 6. The van der Waals surface area contributed by atoms with Gasteiger partial charge in [0, 0.05) is 6.42 Å². The summed E-state index contributed by atoms with van der Waals surface area (Å²) in [6, 6.07) is -0.925. The van der Waals surface area contributed by atoms with Crippen LogP contribution in [-0.2, 0) is 18.4 Å². The van der Waals surface area contributed by atoms with Crippen LogP contribution in [0.1, 0.15) is 316 Å². The van der Waals surface area contributed by atoms with Crippen LogP contribution >= 0.6 is 7.82 Å². The highest BCUT2D eigenvalue weighted by atomic mass is 31.2. The minimum Gasteiger partial charge on any atom is -0.756 e. The van der Waals surface area contributed by atoms with Gasteiger partial charge in [-0.05, 0) is 109 Å². The van der Waals surface area contributed by atoms with Gasteiger partial charge in [-0.15, -0.1) is 0 Å². The number of carbonyl (C=O) groups excluding carboxylic acids is 1. The Morgan fingerprint density at radius 3 is 1.02 bits per heavy atom. The molecule has 3 atom stereocenters. The Labute approximate surface area is 563 Å². The molecule has 0 aliphatic carbocycles. The number of hydrogen-bond donors (Lipinski definition) is 2. The minimum atomic E-state index is -4.63. The molecular weight excluding hydrogens is 1140 g/mol. The molecule has 3 unspecified atom stereocenters. The Morgan fingerprint density at radius 1 is 0.396 bits per heavy atom. The molecule has 0 aliphatic heterocycles. The van der Waals surface area contributed by atoms with E-state index in [4.69, 9.17) is 9.05 Å². The first-order chi connectivity index (χ1) is 44.5. The van der Waals surface area contributed by atoms with Gasteiger partial charge < -0.3 is 28.8 Å². The fourth-order valence-corrected chi connectivity index (χ4v) is 11.2. The number of phosphoric acid groups is 1. The van der Waals surface area contributed by atoms with Crippen molar-refractivity contribution in [3.8, 4) is 0 Å². The molecule has 0 saturated carbocycles. The van der Waals surface area contributed by atoms with Crippen molar-refractivity contribution >= 4 is 13.7 Å². The van der Waals surface area contributed by atoms with E-state index in [9.17, 15) is 19.4 Å². The van der Waals surface area contributed by atoms with Crippen molar-refractivity contribution in [1.82, 2.24) is 5.32 Å². The molecule has 0 rings (SSSR count). The van der Waals surface area contributed by atoms with Gasteiger partial charge in [-0.2, -0.15) is 0 Å². The lowest BCUT2D eigenvalue weighted by molar-refractivity contribution is -0.870. The molecule has 2 N–H and O–H groups in total. The topological polar surface area (TPSA) is 108 Å². The fraction of sp³-hybridized carbons (Fsp3) is 0.695. The number of rotatable bonds is 68. The lowest BCUT2D eigenvalue weighted by Crippen LogP contribution is -2.45. The number of aliphatic hydroxyl groups is 1. The average Bonchev–Trinajstić information content (AvgIpc) is 3.42. The quantitative estimate of drug-likeness (QED) is 0.0272. The standard InChI is InChI=1S/C82H143N2O6P/c1-6-8-10-12-14-16-18-20-22-24-26-28-30-32-34-36-38-40-41-42-43-44-46-48-50-52-54-56-58-60-62-64-66-68-70-72-74-76-82(86)83-80(79-90-91(87,88)89-78-77-84(3,4)5)81(85)75-73-71-69-67-65-63-61-59-57-55-53-51-49-47-45-39-37-35-33-31-29-27-25-23-21-19-17-15-13-11-9-7-2/h8,10,14,16,20,22,26,28,32,34,38,40,42-43,46,48,52,54,58,60,65,67,73,75,80-81,85H,6-7,9,11-13,15,17-19,21,23-25,27,29-31,33,35-37,39,41,44-45,47,49-51,53,55-57,59,61-64,66,68-72,74,76-79H2,1-5H3,(H-,83,86,87,88)/b10-8-,16-14-,22-20-,28-26-,34-32-,40-38-,43-42-,48-46-,54-52-,60-58-,67-65+,75-73+. The zero-order chi connectivity index (χ0) is 66.2. The summed E-state index contributed by atoms with van der Waals surface area (Å²) < 4.78 is 23.5. The van der Waals surface area contributed by atoms with E-state index in [2.05, 4.69) is 153 Å². The highest BCUT2D eigenvalue weighted by Crippen LogP contribution is 2.38. The molecule has 0 bridgehead atoms. The zero-order valence-electron chi connectivity index (χ0n) is 59.7. The first-order valence-corrected chi connectivity index (χ1v) is 39.2. The van der Waals surface area contributed by atoms with Crippen LogP contribution in [0.5, 0.6) is 0 Å². The van der Waals surface area contributed by atoms with Crippen LogP contribution in [0, 0.1) is 0 Å². The molecule has 9 heteroatoms. The van der Waals surface area contributed by atoms with Crippen LogP contribution < -0.4 is 10.2 Å². The van der Waals surface area contributed by atoms with Crippen molar-refractivity contribution in [3.05, 3.63) is 146 Å². The molecule has 0 radical (unpaired) electrons. The Kier molecular flexibility index (Phi) is 67.9. The molecule has 0 aromatic heterocycles. The average molecular weight is 1280 g/mol. The predicted molar refractivity (Wildman–Crippen MR) is 398 cm³/mol. The molecule has 0 aliphatic rings. The molecule has 1 amide bonds. The van der Waals surface area contributed by atoms with Crippen molar-refractivity contribution < 1.29 is 32.9 Å². The number of unbranched alkanes of at least 4 members (excludes halogenated alkanes) is 33. The maximum absolute atomic E-state index is 13.1. The van der Waals surface area contributed by atoms with Gasteiger partial charge in [0.15, 0.2) is 0 Å². The van der Waals surface area contributed by atoms with Crippen LogP contribution in [-0.4, -0.2) is 68.5 Å². The second-order valence-electron chi connectivity index (χ2n) is 26.3. The van der Waals surface area contributed by atoms with Crippen molar-refractivity contribution in [1.29, 1.82) is 0 Å². The van der Waals surface area contributed by atoms with Crippen LogP contribution in [0.3, 0.4) is 0 Å². The molecule has 91 heavy (non-hydrogen) atoms. The molecule has 0 spiro atoms. The highest BCUT2D eigenvalue weighted by molar-refractivity contribution is 7.45. The van der Waals surface area contributed by atoms with E-state index in [0.717, 1.165) is 128 Å². The maximum Gasteiger partial charge on any atom is 0.268 e. The van der Waals surface area contributed by atoms with Crippen LogP contribution in [0.25, 0.3) is 0 Å². The largest absolute Gasteiger partial charge is 0.756 e. The Morgan fingerprint density at radius 2 is 0.681 bits per heavy atom. The van der Waals surface area contributed by atoms with Crippen LogP contribution in [0.15, 0.2) is 146 Å². The number of likely N-dealkylation sites (N-methyl/N-ethyl adjacent to an activating group) is 1. The fourth-order valence-electron chi connectivity index (χ4n) is 10.5. The number of nitrogens with one attached hydrogen (secondary N) is 1. The molecule has 0 aromatic rings. The third kappa shape index (κ3) is 73.7. The lowest BCUT2D eigenvalue weighted by Gasteiger charge is -2.29. The molecule has 522 valence electrons. The number of nitrogens with zero attached hydrogens (tertiary/aromatic N) is 1. The third-order valence-corrected chi connectivity index (χ3v) is 17.2. The summed E-state index contributed by atoms with van der Waals surface area (Å²) >= 11 is 0. The van der Waals surface area contributed by atoms with E-state index in [1.54, 1.807) is 6.08 Å². The number of quaternary nitrogens is 1. The predicted octanol–water partition coefficient (Wildman–Crippen LogP) is 24.1. The summed E-state index contributed by atoms with van der Waals surface area (Å²) in [5, 5.41) is 14.0. The summed E-state index contributed by atoms with van der Waals surface area (Å²) in [5.74, 6) is -0.225. The van der Waals surface area contributed by atoms with Crippen molar-refractivity contribution in [2.75, 3.05) is 40.9 Å². The van der Waals surface area contributed by atoms with Gasteiger partial charge in [0.1, 0.15) is 13.2 Å². The van der Waals surface area contributed by atoms with Crippen LogP contribution in [0.2, 0.25) is 0 Å². The summed E-state index contributed by atoms with van der Waals surface area (Å²) in [4.78, 5) is 25.7. The number of carbonyl (C=O) groups is 1. The molecule has 0 aromatic carbocycles. The van der Waals surface area contributed by atoms with Gasteiger partial charge in [-0.3, -0.25) is 9.36 Å². The second kappa shape index (κ2) is 70.7. The Balaban J connectivity index is 4.17. The van der Waals surface area contributed by atoms with E-state index in [1.807, 2.05) is 27.2 Å². The molecule has 0 saturated heterocycles. The van der Waals surface area contributed by atoms with E-state index in [0.29, 0.717) is 17.4 Å². The monoisotopic (exact) mass is 1280 g/mol. The molecule has 0 fully saturated rings. The van der Waals surface area contributed by atoms with Crippen molar-refractivity contribution in [3.63, 3.8) is 0 Å². The van der Waals surface area contributed by atoms with E-state index < -0.39 is 26.6 Å². The molecule has 8 nitrogen and oxygen atoms in total. The number of phosphoric ester groups is 1. The van der Waals surface area contributed by atoms with Gasteiger partial charge in [-0.1, -0.05) is 346 Å². The number of aliphatic hydroxyl groups excluding tert-OH is 1. The number of amides is 1. The van der Waals surface area contributed by atoms with E-state index >= 15 is 0 Å². The van der Waals surface area contributed by atoms with Gasteiger partial charge >= 0.3 is 0 Å². The van der Waals surface area contributed by atoms with Gasteiger partial charge in [0.05, 0.1) is 39.9 Å². The van der Waals surface area contributed by atoms with Gasteiger partial charge in [0.25, 0.3) is 7.82 Å². The number of allylic oxidation sites excluding steroid dienone is 23. The molecular formula is C82H143N2O6P. The first kappa shape index (κ1) is 87.4. The SMILES string of the molecule is CC/C=C\C/C=C\C/C=C\C/C=C\C/C=C\C/C=C\C/C=C\C/C=C\C/C=C\C/C=C\CCCCCCCCC(=O)NC(COP(=O)([O-])OCC[N+](C)(C)C)C(O)/C=C/CC/C=C/CCCCCCCCCCCCCCCCCCCCCCCCCCCC. The normalized spacial score (nSPS) is 14.4. The van der Waals surface area contributed by atoms with Gasteiger partial charge in [0.2, 0.25) is 5.91 Å². The summed E-state index contributed by atoms with van der Waals surface area (Å²) in [7, 11) is 1.22. The third-order valence-electron chi connectivity index (χ3n) is 16.3. The molecule has 0 heterocycles. The maximum atomic E-state index is 13.1. The summed E-state index contributed by atoms with van der Waals surface area (Å²) in [5.41, 5.74) is 0. The highest BCUT2D eigenvalue weighted by Gasteiger charge is 2.23. The summed E-state index contributed by atoms with van der Waals surface area (Å²) in [6.45, 7) is 4.52. The van der Waals surface area contributed by atoms with Crippen molar-refractivity contribution in [2.24, 2.45) is 0 Å². The van der Waals surface area contributed by atoms with Crippen LogP contribution in [0.4, 0.5) is 0 Å². The van der Waals surface area contributed by atoms with Crippen molar-refractivity contribution in [2.45, 2.75) is 328 Å². The smallest absolute Gasteiger partial charge is 0.268 e. The second-order valence-corrected chi connectivity index (χ2v) is 27.7. The minimum absolute atomic E-state index is 0.0168. The van der Waals surface area contributed by atoms with E-state index in [1.165, 1.54) is 167 Å².